The van der Waals surface area contributed by atoms with E-state index >= 15 is 0 Å². The van der Waals surface area contributed by atoms with Gasteiger partial charge in [0.15, 0.2) is 0 Å². The Labute approximate surface area is 109 Å². The smallest absolute Gasteiger partial charge is 0.275 e. The van der Waals surface area contributed by atoms with E-state index in [1.54, 1.807) is 12.1 Å². The number of carbonyl (C=O) groups excluding carboxylic acids is 1. The molecule has 0 aliphatic rings. The Hall–Kier alpha value is -1.65. The third kappa shape index (κ3) is 2.78. The summed E-state index contributed by atoms with van der Waals surface area (Å²) in [6.45, 7) is 0. The fourth-order valence-corrected chi connectivity index (χ4v) is 2.26. The van der Waals surface area contributed by atoms with Crippen molar-refractivity contribution in [3.05, 3.63) is 60.2 Å². The number of hydrogen-bond donors (Lipinski definition) is 0. The number of hydrogen-bond acceptors (Lipinski definition) is 3. The zero-order valence-electron chi connectivity index (χ0n) is 9.21. The van der Waals surface area contributed by atoms with E-state index in [2.05, 4.69) is 0 Å². The summed E-state index contributed by atoms with van der Waals surface area (Å²) in [5.41, 5.74) is 1.95. The summed E-state index contributed by atoms with van der Waals surface area (Å²) in [4.78, 5) is 11.4. The quantitative estimate of drug-likeness (QED) is 0.795. The van der Waals surface area contributed by atoms with Crippen LogP contribution in [0.25, 0.3) is 11.1 Å². The number of benzene rings is 2. The van der Waals surface area contributed by atoms with Crippen LogP contribution in [0.15, 0.2) is 54.6 Å². The molecule has 0 spiro atoms. The average Bonchev–Trinajstić information content (AvgIpc) is 2.38. The van der Waals surface area contributed by atoms with Gasteiger partial charge in [0.1, 0.15) is 0 Å². The molecule has 0 N–H and O–H groups in total. The lowest BCUT2D eigenvalue weighted by atomic mass is 10.0. The highest BCUT2D eigenvalue weighted by molar-refractivity contribution is 8.25. The lowest BCUT2D eigenvalue weighted by Gasteiger charge is -2.02. The molecule has 5 heteroatoms. The van der Waals surface area contributed by atoms with Crippen molar-refractivity contribution < 1.29 is 13.2 Å². The van der Waals surface area contributed by atoms with Gasteiger partial charge in [-0.15, -0.1) is 0 Å². The standard InChI is InChI=1S/C13H9ClO3S/c14-18(16,17)13(15)12-8-6-11(7-9-12)10-4-2-1-3-5-10/h1-9H. The monoisotopic (exact) mass is 280 g/mol. The van der Waals surface area contributed by atoms with E-state index in [1.165, 1.54) is 12.1 Å². The van der Waals surface area contributed by atoms with Crippen molar-refractivity contribution in [3.8, 4) is 11.1 Å². The lowest BCUT2D eigenvalue weighted by Crippen LogP contribution is -2.07. The van der Waals surface area contributed by atoms with E-state index in [1.807, 2.05) is 30.3 Å². The summed E-state index contributed by atoms with van der Waals surface area (Å²) in [6, 6.07) is 15.8. The van der Waals surface area contributed by atoms with E-state index in [4.69, 9.17) is 10.7 Å². The van der Waals surface area contributed by atoms with E-state index in [-0.39, 0.29) is 5.56 Å². The molecule has 0 aliphatic heterocycles. The summed E-state index contributed by atoms with van der Waals surface area (Å²) in [5, 5.41) is -1.08. The van der Waals surface area contributed by atoms with Crippen molar-refractivity contribution in [2.75, 3.05) is 0 Å². The predicted molar refractivity (Wildman–Crippen MR) is 71.0 cm³/mol. The highest BCUT2D eigenvalue weighted by atomic mass is 35.7. The van der Waals surface area contributed by atoms with E-state index < -0.39 is 14.2 Å². The van der Waals surface area contributed by atoms with Crippen LogP contribution in [0.3, 0.4) is 0 Å². The van der Waals surface area contributed by atoms with E-state index in [0.29, 0.717) is 0 Å². The summed E-state index contributed by atoms with van der Waals surface area (Å²) >= 11 is 0. The summed E-state index contributed by atoms with van der Waals surface area (Å²) in [7, 11) is 0.798. The van der Waals surface area contributed by atoms with Crippen LogP contribution >= 0.6 is 10.7 Å². The first-order valence-electron chi connectivity index (χ1n) is 5.13. The molecule has 0 radical (unpaired) electrons. The number of carbonyl (C=O) groups is 1. The second-order valence-electron chi connectivity index (χ2n) is 3.67. The van der Waals surface area contributed by atoms with Gasteiger partial charge in [-0.1, -0.05) is 42.5 Å². The fraction of sp³-hybridized carbons (Fsp3) is 0. The first kappa shape index (κ1) is 12.8. The second kappa shape index (κ2) is 4.92. The minimum Gasteiger partial charge on any atom is -0.275 e. The van der Waals surface area contributed by atoms with Crippen LogP contribution in [0.2, 0.25) is 0 Å². The molecule has 2 rings (SSSR count). The van der Waals surface area contributed by atoms with Crippen molar-refractivity contribution in [1.29, 1.82) is 0 Å². The van der Waals surface area contributed by atoms with Gasteiger partial charge in [0, 0.05) is 16.2 Å². The van der Waals surface area contributed by atoms with Gasteiger partial charge in [0.2, 0.25) is 0 Å². The largest absolute Gasteiger partial charge is 0.299 e. The first-order valence-corrected chi connectivity index (χ1v) is 7.44. The Bertz CT molecular complexity index is 661. The maximum absolute atomic E-state index is 11.4. The Kier molecular flexibility index (Phi) is 3.50. The topological polar surface area (TPSA) is 51.2 Å². The third-order valence-electron chi connectivity index (χ3n) is 2.45. The highest BCUT2D eigenvalue weighted by Gasteiger charge is 2.20. The Morgan fingerprint density at radius 1 is 0.833 bits per heavy atom. The van der Waals surface area contributed by atoms with Crippen LogP contribution in [0.4, 0.5) is 0 Å². The lowest BCUT2D eigenvalue weighted by molar-refractivity contribution is 0.107. The predicted octanol–water partition coefficient (Wildman–Crippen LogP) is 3.06. The normalized spacial score (nSPS) is 11.2. The van der Waals surface area contributed by atoms with Gasteiger partial charge < -0.3 is 0 Å². The molecule has 0 amide bonds. The molecule has 0 heterocycles. The van der Waals surface area contributed by atoms with Gasteiger partial charge in [0.05, 0.1) is 0 Å². The van der Waals surface area contributed by atoms with Crippen molar-refractivity contribution in [2.45, 2.75) is 0 Å². The summed E-state index contributed by atoms with van der Waals surface area (Å²) in [5.74, 6) is 0. The third-order valence-corrected chi connectivity index (χ3v) is 3.55. The minimum absolute atomic E-state index is 0.0599. The van der Waals surface area contributed by atoms with Crippen LogP contribution in [0, 0.1) is 0 Å². The van der Waals surface area contributed by atoms with E-state index in [0.717, 1.165) is 11.1 Å². The molecule has 92 valence electrons. The number of halogens is 1. The molecule has 0 fully saturated rings. The summed E-state index contributed by atoms with van der Waals surface area (Å²) < 4.78 is 21.8. The van der Waals surface area contributed by atoms with Gasteiger partial charge >= 0.3 is 0 Å². The van der Waals surface area contributed by atoms with Gasteiger partial charge in [-0.2, -0.15) is 0 Å². The Morgan fingerprint density at radius 2 is 1.33 bits per heavy atom. The van der Waals surface area contributed by atoms with Crippen LogP contribution < -0.4 is 0 Å². The van der Waals surface area contributed by atoms with Crippen molar-refractivity contribution in [3.63, 3.8) is 0 Å². The average molecular weight is 281 g/mol. The first-order chi connectivity index (χ1) is 8.48. The van der Waals surface area contributed by atoms with Crippen molar-refractivity contribution in [2.24, 2.45) is 0 Å². The molecule has 18 heavy (non-hydrogen) atoms. The van der Waals surface area contributed by atoms with Crippen molar-refractivity contribution >= 4 is 24.8 Å². The fourth-order valence-electron chi connectivity index (χ4n) is 1.57. The van der Waals surface area contributed by atoms with Crippen molar-refractivity contribution in [1.82, 2.24) is 0 Å². The van der Waals surface area contributed by atoms with Crippen LogP contribution in [-0.2, 0) is 9.05 Å². The minimum atomic E-state index is -4.20. The van der Waals surface area contributed by atoms with Gasteiger partial charge in [-0.05, 0) is 23.3 Å². The molecule has 0 aliphatic carbocycles. The molecule has 2 aromatic carbocycles. The van der Waals surface area contributed by atoms with Gasteiger partial charge in [0.25, 0.3) is 14.2 Å². The Morgan fingerprint density at radius 3 is 1.83 bits per heavy atom. The molecular formula is C13H9ClO3S. The molecule has 2 aromatic rings. The molecule has 0 aromatic heterocycles. The van der Waals surface area contributed by atoms with Gasteiger partial charge in [-0.3, -0.25) is 4.79 Å². The van der Waals surface area contributed by atoms with Gasteiger partial charge in [-0.25, -0.2) is 8.42 Å². The molecule has 0 saturated carbocycles. The zero-order valence-corrected chi connectivity index (χ0v) is 10.8. The molecule has 3 nitrogen and oxygen atoms in total. The SMILES string of the molecule is O=C(c1ccc(-c2ccccc2)cc1)S(=O)(=O)Cl. The number of rotatable bonds is 2. The molecule has 0 unspecified atom stereocenters. The maximum Gasteiger partial charge on any atom is 0.299 e. The zero-order chi connectivity index (χ0) is 13.2. The van der Waals surface area contributed by atoms with E-state index in [9.17, 15) is 13.2 Å². The molecule has 0 saturated heterocycles. The highest BCUT2D eigenvalue weighted by Crippen LogP contribution is 2.20. The molecular weight excluding hydrogens is 272 g/mol. The Balaban J connectivity index is 2.35. The maximum atomic E-state index is 11.4. The second-order valence-corrected chi connectivity index (χ2v) is 6.13. The molecule has 0 atom stereocenters. The summed E-state index contributed by atoms with van der Waals surface area (Å²) in [6.07, 6.45) is 0. The molecule has 0 bridgehead atoms. The van der Waals surface area contributed by atoms with Crippen LogP contribution in [0.1, 0.15) is 10.4 Å². The van der Waals surface area contributed by atoms with Crippen LogP contribution in [0.5, 0.6) is 0 Å². The van der Waals surface area contributed by atoms with Crippen LogP contribution in [-0.4, -0.2) is 13.5 Å².